The Morgan fingerprint density at radius 1 is 1.20 bits per heavy atom. The predicted molar refractivity (Wildman–Crippen MR) is 70.8 cm³/mol. The summed E-state index contributed by atoms with van der Waals surface area (Å²) >= 11 is 0. The molecule has 1 aromatic carbocycles. The Morgan fingerprint density at radius 3 is 2.40 bits per heavy atom. The molecule has 1 aromatic heterocycles. The van der Waals surface area contributed by atoms with Gasteiger partial charge in [0.2, 0.25) is 5.88 Å². The number of carbonyl (C=O) groups is 1. The topological polar surface area (TPSA) is 93.6 Å². The molecule has 0 fully saturated rings. The van der Waals surface area contributed by atoms with E-state index in [0.29, 0.717) is 5.75 Å². The highest BCUT2D eigenvalue weighted by Gasteiger charge is 2.08. The summed E-state index contributed by atoms with van der Waals surface area (Å²) in [6.45, 7) is 0. The highest BCUT2D eigenvalue weighted by molar-refractivity contribution is 7.90. The molecule has 0 radical (unpaired) electrons. The fourth-order valence-corrected chi connectivity index (χ4v) is 2.10. The van der Waals surface area contributed by atoms with Crippen molar-refractivity contribution in [1.82, 2.24) is 4.98 Å². The van der Waals surface area contributed by atoms with Crippen LogP contribution in [0, 0.1) is 0 Å². The van der Waals surface area contributed by atoms with E-state index in [-0.39, 0.29) is 16.3 Å². The zero-order chi connectivity index (χ0) is 14.8. The van der Waals surface area contributed by atoms with Gasteiger partial charge in [0.05, 0.1) is 10.5 Å². The van der Waals surface area contributed by atoms with Crippen LogP contribution in [0.15, 0.2) is 47.5 Å². The number of hydrogen-bond acceptors (Lipinski definition) is 5. The molecule has 104 valence electrons. The molecule has 20 heavy (non-hydrogen) atoms. The first-order chi connectivity index (χ1) is 9.36. The van der Waals surface area contributed by atoms with Gasteiger partial charge in [-0.2, -0.15) is 0 Å². The summed E-state index contributed by atoms with van der Waals surface area (Å²) in [5.41, 5.74) is 0.0581. The molecule has 2 aromatic rings. The molecule has 0 bridgehead atoms. The van der Waals surface area contributed by atoms with Crippen LogP contribution < -0.4 is 4.74 Å². The third kappa shape index (κ3) is 3.33. The minimum atomic E-state index is -3.26. The summed E-state index contributed by atoms with van der Waals surface area (Å²) in [4.78, 5) is 14.9. The number of carboxylic acid groups (broad SMARTS) is 1. The number of benzene rings is 1. The Morgan fingerprint density at radius 2 is 1.85 bits per heavy atom. The maximum Gasteiger partial charge on any atom is 0.335 e. The van der Waals surface area contributed by atoms with Crippen LogP contribution in [0.2, 0.25) is 0 Å². The van der Waals surface area contributed by atoms with E-state index in [2.05, 4.69) is 4.98 Å². The molecule has 0 atom stereocenters. The van der Waals surface area contributed by atoms with Crippen molar-refractivity contribution in [3.63, 3.8) is 0 Å². The summed E-state index contributed by atoms with van der Waals surface area (Å²) in [7, 11) is -3.26. The van der Waals surface area contributed by atoms with E-state index in [4.69, 9.17) is 9.84 Å². The van der Waals surface area contributed by atoms with E-state index >= 15 is 0 Å². The maximum absolute atomic E-state index is 11.3. The number of hydrogen-bond donors (Lipinski definition) is 1. The van der Waals surface area contributed by atoms with Crippen molar-refractivity contribution in [2.24, 2.45) is 0 Å². The minimum Gasteiger partial charge on any atom is -0.478 e. The fourth-order valence-electron chi connectivity index (χ4n) is 1.47. The lowest BCUT2D eigenvalue weighted by atomic mass is 10.3. The molecule has 0 saturated heterocycles. The van der Waals surface area contributed by atoms with Gasteiger partial charge in [0, 0.05) is 18.5 Å². The quantitative estimate of drug-likeness (QED) is 0.926. The molecule has 1 heterocycles. The van der Waals surface area contributed by atoms with Crippen LogP contribution in [0.5, 0.6) is 11.6 Å². The zero-order valence-electron chi connectivity index (χ0n) is 10.5. The SMILES string of the molecule is CS(=O)(=O)c1ccc(Oc2cc(C(=O)O)ccn2)cc1. The van der Waals surface area contributed by atoms with Gasteiger partial charge in [0.25, 0.3) is 0 Å². The first-order valence-electron chi connectivity index (χ1n) is 5.53. The molecule has 2 rings (SSSR count). The lowest BCUT2D eigenvalue weighted by Gasteiger charge is -2.06. The molecule has 0 aliphatic rings. The van der Waals surface area contributed by atoms with E-state index in [1.165, 1.54) is 42.6 Å². The lowest BCUT2D eigenvalue weighted by Crippen LogP contribution is -1.98. The van der Waals surface area contributed by atoms with Crippen LogP contribution in [0.25, 0.3) is 0 Å². The van der Waals surface area contributed by atoms with Gasteiger partial charge in [-0.25, -0.2) is 18.2 Å². The molecule has 0 saturated carbocycles. The van der Waals surface area contributed by atoms with Gasteiger partial charge in [-0.1, -0.05) is 0 Å². The molecular weight excluding hydrogens is 282 g/mol. The molecule has 1 N–H and O–H groups in total. The molecule has 0 amide bonds. The van der Waals surface area contributed by atoms with E-state index in [1.807, 2.05) is 0 Å². The van der Waals surface area contributed by atoms with Crippen LogP contribution in [0.4, 0.5) is 0 Å². The average molecular weight is 293 g/mol. The Labute approximate surface area is 115 Å². The number of sulfone groups is 1. The van der Waals surface area contributed by atoms with Crippen molar-refractivity contribution in [1.29, 1.82) is 0 Å². The van der Waals surface area contributed by atoms with Crippen LogP contribution in [0.3, 0.4) is 0 Å². The van der Waals surface area contributed by atoms with Gasteiger partial charge in [-0.05, 0) is 30.3 Å². The van der Waals surface area contributed by atoms with Gasteiger partial charge >= 0.3 is 5.97 Å². The third-order valence-electron chi connectivity index (χ3n) is 2.46. The Hall–Kier alpha value is -2.41. The molecule has 0 spiro atoms. The highest BCUT2D eigenvalue weighted by atomic mass is 32.2. The second-order valence-corrected chi connectivity index (χ2v) is 6.05. The number of aromatic nitrogens is 1. The first-order valence-corrected chi connectivity index (χ1v) is 7.43. The lowest BCUT2D eigenvalue weighted by molar-refractivity contribution is 0.0696. The van der Waals surface area contributed by atoms with E-state index in [9.17, 15) is 13.2 Å². The van der Waals surface area contributed by atoms with Crippen molar-refractivity contribution in [3.8, 4) is 11.6 Å². The Bertz CT molecular complexity index is 738. The summed E-state index contributed by atoms with van der Waals surface area (Å²) in [6, 6.07) is 8.41. The summed E-state index contributed by atoms with van der Waals surface area (Å²) in [6.07, 6.45) is 2.43. The Kier molecular flexibility index (Phi) is 3.71. The van der Waals surface area contributed by atoms with Gasteiger partial charge < -0.3 is 9.84 Å². The molecule has 0 aliphatic heterocycles. The predicted octanol–water partition coefficient (Wildman–Crippen LogP) is 1.98. The minimum absolute atomic E-state index is 0.0581. The normalized spacial score (nSPS) is 11.1. The van der Waals surface area contributed by atoms with E-state index < -0.39 is 15.8 Å². The Balaban J connectivity index is 2.22. The fraction of sp³-hybridized carbons (Fsp3) is 0.0769. The number of carboxylic acids is 1. The largest absolute Gasteiger partial charge is 0.478 e. The maximum atomic E-state index is 11.3. The van der Waals surface area contributed by atoms with Crippen molar-refractivity contribution in [2.45, 2.75) is 4.90 Å². The number of ether oxygens (including phenoxy) is 1. The smallest absolute Gasteiger partial charge is 0.335 e. The van der Waals surface area contributed by atoms with Crippen molar-refractivity contribution < 1.29 is 23.1 Å². The van der Waals surface area contributed by atoms with E-state index in [0.717, 1.165) is 6.26 Å². The van der Waals surface area contributed by atoms with Crippen LogP contribution in [-0.2, 0) is 9.84 Å². The van der Waals surface area contributed by atoms with Gasteiger partial charge in [-0.15, -0.1) is 0 Å². The van der Waals surface area contributed by atoms with Gasteiger partial charge in [0.15, 0.2) is 9.84 Å². The van der Waals surface area contributed by atoms with Crippen LogP contribution in [-0.4, -0.2) is 30.7 Å². The third-order valence-corrected chi connectivity index (χ3v) is 3.58. The number of aromatic carboxylic acids is 1. The van der Waals surface area contributed by atoms with Crippen LogP contribution >= 0.6 is 0 Å². The average Bonchev–Trinajstić information content (AvgIpc) is 2.38. The number of nitrogens with zero attached hydrogens (tertiary/aromatic N) is 1. The van der Waals surface area contributed by atoms with Gasteiger partial charge in [-0.3, -0.25) is 0 Å². The second-order valence-electron chi connectivity index (χ2n) is 4.03. The monoisotopic (exact) mass is 293 g/mol. The summed E-state index contributed by atoms with van der Waals surface area (Å²) in [5.74, 6) is -0.589. The van der Waals surface area contributed by atoms with Crippen molar-refractivity contribution in [2.75, 3.05) is 6.26 Å². The molecular formula is C13H11NO5S. The standard InChI is InChI=1S/C13H11NO5S/c1-20(17,18)11-4-2-10(3-5-11)19-12-8-9(13(15)16)6-7-14-12/h2-8H,1H3,(H,15,16). The highest BCUT2D eigenvalue weighted by Crippen LogP contribution is 2.21. The summed E-state index contributed by atoms with van der Waals surface area (Å²) in [5, 5.41) is 8.85. The zero-order valence-corrected chi connectivity index (χ0v) is 11.3. The molecule has 6 nitrogen and oxygen atoms in total. The molecule has 7 heteroatoms. The first kappa shape index (κ1) is 14.0. The number of pyridine rings is 1. The van der Waals surface area contributed by atoms with Crippen LogP contribution in [0.1, 0.15) is 10.4 Å². The molecule has 0 aliphatic carbocycles. The summed E-state index contributed by atoms with van der Waals surface area (Å²) < 4.78 is 28.0. The van der Waals surface area contributed by atoms with Gasteiger partial charge in [0.1, 0.15) is 5.75 Å². The van der Waals surface area contributed by atoms with Crippen molar-refractivity contribution in [3.05, 3.63) is 48.2 Å². The number of rotatable bonds is 4. The van der Waals surface area contributed by atoms with E-state index in [1.54, 1.807) is 0 Å². The van der Waals surface area contributed by atoms with Crippen molar-refractivity contribution >= 4 is 15.8 Å². The molecule has 0 unspecified atom stereocenters. The second kappa shape index (κ2) is 5.30.